The van der Waals surface area contributed by atoms with Crippen LogP contribution in [0.1, 0.15) is 29.9 Å². The lowest BCUT2D eigenvalue weighted by molar-refractivity contribution is -0.148. The lowest BCUT2D eigenvalue weighted by Gasteiger charge is -2.30. The molecule has 1 aromatic carbocycles. The summed E-state index contributed by atoms with van der Waals surface area (Å²) in [7, 11) is 0. The maximum absolute atomic E-state index is 11.9. The molecular weight excluding hydrogens is 228 g/mol. The van der Waals surface area contributed by atoms with Crippen LogP contribution in [0.5, 0.6) is 0 Å². The van der Waals surface area contributed by atoms with Crippen LogP contribution in [0.4, 0.5) is 0 Å². The molecule has 96 valence electrons. The highest BCUT2D eigenvalue weighted by atomic mass is 16.2. The van der Waals surface area contributed by atoms with Gasteiger partial charge in [-0.15, -0.1) is 0 Å². The summed E-state index contributed by atoms with van der Waals surface area (Å²) in [6, 6.07) is 8.02. The first-order valence-corrected chi connectivity index (χ1v) is 6.21. The molecule has 2 rings (SSSR count). The number of amides is 2. The van der Waals surface area contributed by atoms with Gasteiger partial charge in [0.05, 0.1) is 0 Å². The molecule has 18 heavy (non-hydrogen) atoms. The van der Waals surface area contributed by atoms with E-state index >= 15 is 0 Å². The van der Waals surface area contributed by atoms with Gasteiger partial charge in [0.1, 0.15) is 0 Å². The smallest absolute Gasteiger partial charge is 0.229 e. The zero-order valence-corrected chi connectivity index (χ0v) is 10.6. The van der Waals surface area contributed by atoms with E-state index in [0.717, 1.165) is 5.56 Å². The van der Waals surface area contributed by atoms with E-state index in [4.69, 9.17) is 5.73 Å². The summed E-state index contributed by atoms with van der Waals surface area (Å²) in [6.07, 6.45) is 0.795. The van der Waals surface area contributed by atoms with Gasteiger partial charge in [0, 0.05) is 31.8 Å². The molecule has 2 amide bonds. The molecule has 1 fully saturated rings. The first kappa shape index (κ1) is 12.8. The van der Waals surface area contributed by atoms with Crippen molar-refractivity contribution in [1.29, 1.82) is 0 Å². The van der Waals surface area contributed by atoms with Gasteiger partial charge in [-0.1, -0.05) is 29.8 Å². The van der Waals surface area contributed by atoms with Crippen molar-refractivity contribution in [3.05, 3.63) is 35.4 Å². The molecule has 1 aromatic rings. The third-order valence-electron chi connectivity index (χ3n) is 3.35. The van der Waals surface area contributed by atoms with Crippen molar-refractivity contribution < 1.29 is 9.59 Å². The lowest BCUT2D eigenvalue weighted by atomic mass is 9.88. The summed E-state index contributed by atoms with van der Waals surface area (Å²) in [5.74, 6) is -0.204. The molecule has 0 aromatic heterocycles. The normalized spacial score (nSPS) is 17.3. The van der Waals surface area contributed by atoms with E-state index in [1.165, 1.54) is 10.5 Å². The number of carbonyl (C=O) groups is 2. The molecule has 0 unspecified atom stereocenters. The molecule has 4 nitrogen and oxygen atoms in total. The van der Waals surface area contributed by atoms with E-state index in [1.807, 2.05) is 31.2 Å². The number of hydrogen-bond acceptors (Lipinski definition) is 3. The Morgan fingerprint density at radius 3 is 2.22 bits per heavy atom. The Morgan fingerprint density at radius 1 is 1.17 bits per heavy atom. The monoisotopic (exact) mass is 246 g/mol. The molecule has 1 saturated heterocycles. The second kappa shape index (κ2) is 5.31. The first-order valence-electron chi connectivity index (χ1n) is 6.21. The largest absolute Gasteiger partial charge is 0.329 e. The maximum atomic E-state index is 11.9. The van der Waals surface area contributed by atoms with Crippen molar-refractivity contribution in [2.75, 3.05) is 13.1 Å². The number of piperidine rings is 1. The molecule has 0 saturated carbocycles. The summed E-state index contributed by atoms with van der Waals surface area (Å²) in [6.45, 7) is 2.68. The van der Waals surface area contributed by atoms with E-state index in [-0.39, 0.29) is 17.7 Å². The number of aryl methyl sites for hydroxylation is 1. The second-order valence-electron chi connectivity index (χ2n) is 4.74. The van der Waals surface area contributed by atoms with Crippen LogP contribution in [-0.2, 0) is 9.59 Å². The van der Waals surface area contributed by atoms with Crippen LogP contribution in [-0.4, -0.2) is 29.8 Å². The van der Waals surface area contributed by atoms with Crippen LogP contribution in [0.2, 0.25) is 0 Å². The maximum Gasteiger partial charge on any atom is 0.229 e. The zero-order chi connectivity index (χ0) is 13.1. The van der Waals surface area contributed by atoms with Gasteiger partial charge >= 0.3 is 0 Å². The fraction of sp³-hybridized carbons (Fsp3) is 0.429. The number of carbonyl (C=O) groups excluding carboxylic acids is 2. The minimum Gasteiger partial charge on any atom is -0.329 e. The Labute approximate surface area is 107 Å². The standard InChI is InChI=1S/C14H18N2O2/c1-10-2-4-11(5-3-10)12-8-13(17)16(7-6-15)14(18)9-12/h2-5,12H,6-9,15H2,1H3. The van der Waals surface area contributed by atoms with E-state index in [1.54, 1.807) is 0 Å². The Morgan fingerprint density at radius 2 is 1.72 bits per heavy atom. The summed E-state index contributed by atoms with van der Waals surface area (Å²) in [4.78, 5) is 25.1. The molecule has 0 bridgehead atoms. The molecule has 1 heterocycles. The third-order valence-corrected chi connectivity index (χ3v) is 3.35. The van der Waals surface area contributed by atoms with Gasteiger partial charge in [0.15, 0.2) is 0 Å². The highest BCUT2D eigenvalue weighted by Crippen LogP contribution is 2.29. The summed E-state index contributed by atoms with van der Waals surface area (Å²) >= 11 is 0. The van der Waals surface area contributed by atoms with Gasteiger partial charge in [-0.3, -0.25) is 14.5 Å². The minimum absolute atomic E-state index is 0.0135. The molecule has 4 heteroatoms. The fourth-order valence-electron chi connectivity index (χ4n) is 2.31. The van der Waals surface area contributed by atoms with Crippen molar-refractivity contribution >= 4 is 11.8 Å². The van der Waals surface area contributed by atoms with Crippen LogP contribution >= 0.6 is 0 Å². The highest BCUT2D eigenvalue weighted by molar-refractivity contribution is 5.98. The number of nitrogens with two attached hydrogens (primary N) is 1. The Balaban J connectivity index is 2.12. The molecule has 0 spiro atoms. The van der Waals surface area contributed by atoms with Gasteiger partial charge < -0.3 is 5.73 Å². The average Bonchev–Trinajstić information content (AvgIpc) is 2.34. The predicted octanol–water partition coefficient (Wildman–Crippen LogP) is 1.19. The van der Waals surface area contributed by atoms with E-state index in [2.05, 4.69) is 0 Å². The van der Waals surface area contributed by atoms with E-state index in [0.29, 0.717) is 25.9 Å². The van der Waals surface area contributed by atoms with Crippen LogP contribution in [0.15, 0.2) is 24.3 Å². The molecule has 0 aliphatic carbocycles. The van der Waals surface area contributed by atoms with Crippen LogP contribution in [0.3, 0.4) is 0 Å². The molecule has 0 atom stereocenters. The Bertz CT molecular complexity index is 435. The van der Waals surface area contributed by atoms with E-state index in [9.17, 15) is 9.59 Å². The van der Waals surface area contributed by atoms with Crippen LogP contribution in [0, 0.1) is 6.92 Å². The number of likely N-dealkylation sites (tertiary alicyclic amines) is 1. The quantitative estimate of drug-likeness (QED) is 0.815. The van der Waals surface area contributed by atoms with Gasteiger partial charge in [0.2, 0.25) is 11.8 Å². The Hall–Kier alpha value is -1.68. The number of rotatable bonds is 3. The SMILES string of the molecule is Cc1ccc(C2CC(=O)N(CCN)C(=O)C2)cc1. The number of benzene rings is 1. The van der Waals surface area contributed by atoms with Crippen molar-refractivity contribution in [3.8, 4) is 0 Å². The topological polar surface area (TPSA) is 63.4 Å². The number of nitrogens with zero attached hydrogens (tertiary/aromatic N) is 1. The first-order chi connectivity index (χ1) is 8.61. The minimum atomic E-state index is -0.109. The Kier molecular flexibility index (Phi) is 3.77. The van der Waals surface area contributed by atoms with E-state index < -0.39 is 0 Å². The summed E-state index contributed by atoms with van der Waals surface area (Å²) in [5.41, 5.74) is 7.64. The average molecular weight is 246 g/mol. The van der Waals surface area contributed by atoms with Crippen molar-refractivity contribution in [2.45, 2.75) is 25.7 Å². The second-order valence-corrected chi connectivity index (χ2v) is 4.74. The molecule has 2 N–H and O–H groups in total. The van der Waals surface area contributed by atoms with Crippen molar-refractivity contribution in [3.63, 3.8) is 0 Å². The highest BCUT2D eigenvalue weighted by Gasteiger charge is 2.32. The fourth-order valence-corrected chi connectivity index (χ4v) is 2.31. The van der Waals surface area contributed by atoms with Gasteiger partial charge in [-0.25, -0.2) is 0 Å². The zero-order valence-electron chi connectivity index (χ0n) is 10.6. The third kappa shape index (κ3) is 2.59. The predicted molar refractivity (Wildman–Crippen MR) is 68.9 cm³/mol. The van der Waals surface area contributed by atoms with Crippen molar-refractivity contribution in [1.82, 2.24) is 4.90 Å². The molecular formula is C14H18N2O2. The number of hydrogen-bond donors (Lipinski definition) is 1. The summed E-state index contributed by atoms with van der Waals surface area (Å²) < 4.78 is 0. The van der Waals surface area contributed by atoms with Crippen LogP contribution in [0.25, 0.3) is 0 Å². The number of imide groups is 1. The molecule has 0 radical (unpaired) electrons. The van der Waals surface area contributed by atoms with Crippen molar-refractivity contribution in [2.24, 2.45) is 5.73 Å². The molecule has 1 aliphatic rings. The van der Waals surface area contributed by atoms with Gasteiger partial charge in [0.25, 0.3) is 0 Å². The van der Waals surface area contributed by atoms with Gasteiger partial charge in [-0.2, -0.15) is 0 Å². The lowest BCUT2D eigenvalue weighted by Crippen LogP contribution is -2.44. The van der Waals surface area contributed by atoms with Crippen LogP contribution < -0.4 is 5.73 Å². The molecule has 1 aliphatic heterocycles. The summed E-state index contributed by atoms with van der Waals surface area (Å²) in [5, 5.41) is 0. The van der Waals surface area contributed by atoms with Gasteiger partial charge in [-0.05, 0) is 12.5 Å².